The van der Waals surface area contributed by atoms with Crippen molar-refractivity contribution in [3.8, 4) is 22.6 Å². The van der Waals surface area contributed by atoms with Crippen LogP contribution in [0.2, 0.25) is 0 Å². The van der Waals surface area contributed by atoms with Crippen molar-refractivity contribution in [2.45, 2.75) is 38.1 Å². The van der Waals surface area contributed by atoms with E-state index in [1.165, 1.54) is 0 Å². The third-order valence-electron chi connectivity index (χ3n) is 6.71. The Morgan fingerprint density at radius 3 is 2.49 bits per heavy atom. The SMILES string of the molecule is Cc1ccc(NC(=O)C2(c3ccc4c(c3)OCO4)CC2)cc1-c1ccc(C(=O)N[C@H](C)CO)cc1.[HH].[HH]. The molecule has 1 saturated carbocycles. The van der Waals surface area contributed by atoms with E-state index in [-0.39, 0.29) is 34.1 Å². The molecule has 3 N–H and O–H groups in total. The topological polar surface area (TPSA) is 96.9 Å². The minimum Gasteiger partial charge on any atom is -0.454 e. The van der Waals surface area contributed by atoms with Gasteiger partial charge in [-0.25, -0.2) is 0 Å². The number of aliphatic hydroxyl groups excluding tert-OH is 1. The molecule has 1 atom stereocenters. The van der Waals surface area contributed by atoms with E-state index in [1.54, 1.807) is 19.1 Å². The summed E-state index contributed by atoms with van der Waals surface area (Å²) in [6, 6.07) is 18.6. The highest BCUT2D eigenvalue weighted by atomic mass is 16.7. The summed E-state index contributed by atoms with van der Waals surface area (Å²) < 4.78 is 10.9. The van der Waals surface area contributed by atoms with Crippen LogP contribution in [-0.2, 0) is 10.2 Å². The summed E-state index contributed by atoms with van der Waals surface area (Å²) in [6.45, 7) is 3.85. The van der Waals surface area contributed by atoms with Gasteiger partial charge in [0.05, 0.1) is 12.0 Å². The molecule has 0 radical (unpaired) electrons. The molecule has 35 heavy (non-hydrogen) atoms. The molecule has 7 nitrogen and oxygen atoms in total. The van der Waals surface area contributed by atoms with E-state index in [1.807, 2.05) is 55.5 Å². The lowest BCUT2D eigenvalue weighted by atomic mass is 9.94. The second kappa shape index (κ2) is 9.07. The van der Waals surface area contributed by atoms with E-state index in [4.69, 9.17) is 14.6 Å². The second-order valence-electron chi connectivity index (χ2n) is 9.27. The minimum absolute atomic E-state index is 0. The number of hydrogen-bond donors (Lipinski definition) is 3. The van der Waals surface area contributed by atoms with Gasteiger partial charge in [0.1, 0.15) is 0 Å². The number of amides is 2. The van der Waals surface area contributed by atoms with Gasteiger partial charge >= 0.3 is 0 Å². The Labute approximate surface area is 207 Å². The van der Waals surface area contributed by atoms with Crippen LogP contribution >= 0.6 is 0 Å². The summed E-state index contributed by atoms with van der Waals surface area (Å²) in [5, 5.41) is 15.0. The molecule has 3 aromatic rings. The Hall–Kier alpha value is -3.84. The van der Waals surface area contributed by atoms with Gasteiger partial charge in [-0.05, 0) is 85.3 Å². The lowest BCUT2D eigenvalue weighted by Gasteiger charge is -2.17. The van der Waals surface area contributed by atoms with Crippen LogP contribution in [0, 0.1) is 6.92 Å². The molecule has 0 aromatic heterocycles. The first-order chi connectivity index (χ1) is 16.9. The standard InChI is InChI=1S/C28H28N2O5.2H2/c1-17-3-9-22(14-23(17)19-4-6-20(7-5-19)26(32)29-18(2)15-31)30-27(33)28(11-12-28)21-8-10-24-25(13-21)35-16-34-24;;/h3-10,13-14,18,31H,11-12,15-16H2,1-2H3,(H,29,32)(H,30,33);2*1H/t18-;;/m1../s1. The second-order valence-corrected chi connectivity index (χ2v) is 9.27. The highest BCUT2D eigenvalue weighted by Gasteiger charge is 2.51. The van der Waals surface area contributed by atoms with Crippen molar-refractivity contribution < 1.29 is 27.0 Å². The molecular weight excluding hydrogens is 444 g/mol. The first kappa shape index (κ1) is 22.9. The fraction of sp³-hybridized carbons (Fsp3) is 0.286. The maximum atomic E-state index is 13.3. The van der Waals surface area contributed by atoms with Gasteiger partial charge in [0.25, 0.3) is 5.91 Å². The number of fused-ring (bicyclic) bond motifs is 1. The number of aliphatic hydroxyl groups is 1. The number of benzene rings is 3. The summed E-state index contributed by atoms with van der Waals surface area (Å²) in [5.41, 5.74) is 4.62. The fourth-order valence-corrected chi connectivity index (χ4v) is 4.38. The predicted molar refractivity (Wildman–Crippen MR) is 137 cm³/mol. The summed E-state index contributed by atoms with van der Waals surface area (Å²) in [4.78, 5) is 25.6. The molecule has 2 aliphatic rings. The molecular formula is C28H32N2O5. The van der Waals surface area contributed by atoms with Gasteiger partial charge in [0.2, 0.25) is 12.7 Å². The molecule has 1 fully saturated rings. The Kier molecular flexibility index (Phi) is 5.94. The quantitative estimate of drug-likeness (QED) is 0.461. The van der Waals surface area contributed by atoms with Crippen molar-refractivity contribution in [3.63, 3.8) is 0 Å². The summed E-state index contributed by atoms with van der Waals surface area (Å²) in [7, 11) is 0. The number of nitrogens with one attached hydrogen (secondary N) is 2. The normalized spacial score (nSPS) is 15.9. The lowest BCUT2D eigenvalue weighted by molar-refractivity contribution is -0.118. The molecule has 0 bridgehead atoms. The van der Waals surface area contributed by atoms with Gasteiger partial charge in [-0.1, -0.05) is 24.3 Å². The summed E-state index contributed by atoms with van der Waals surface area (Å²) >= 11 is 0. The number of rotatable bonds is 7. The van der Waals surface area contributed by atoms with Crippen molar-refractivity contribution in [1.29, 1.82) is 0 Å². The monoisotopic (exact) mass is 476 g/mol. The maximum absolute atomic E-state index is 13.3. The van der Waals surface area contributed by atoms with Crippen LogP contribution in [-0.4, -0.2) is 36.4 Å². The molecule has 2 amide bonds. The highest BCUT2D eigenvalue weighted by Crippen LogP contribution is 2.51. The zero-order chi connectivity index (χ0) is 24.6. The zero-order valence-corrected chi connectivity index (χ0v) is 19.8. The smallest absolute Gasteiger partial charge is 0.251 e. The zero-order valence-electron chi connectivity index (χ0n) is 19.8. The van der Waals surface area contributed by atoms with Crippen molar-refractivity contribution in [1.82, 2.24) is 5.32 Å². The van der Waals surface area contributed by atoms with Gasteiger partial charge in [-0.2, -0.15) is 0 Å². The average molecular weight is 477 g/mol. The van der Waals surface area contributed by atoms with Crippen LogP contribution in [0.15, 0.2) is 60.7 Å². The summed E-state index contributed by atoms with van der Waals surface area (Å²) in [6.07, 6.45) is 1.57. The number of anilines is 1. The van der Waals surface area contributed by atoms with Crippen molar-refractivity contribution in [3.05, 3.63) is 77.4 Å². The molecule has 3 aromatic carbocycles. The largest absolute Gasteiger partial charge is 0.454 e. The van der Waals surface area contributed by atoms with Gasteiger partial charge in [-0.15, -0.1) is 0 Å². The van der Waals surface area contributed by atoms with Crippen LogP contribution < -0.4 is 20.1 Å². The molecule has 184 valence electrons. The fourth-order valence-electron chi connectivity index (χ4n) is 4.38. The number of ether oxygens (including phenoxy) is 2. The van der Waals surface area contributed by atoms with Gasteiger partial charge in [0.15, 0.2) is 11.5 Å². The van der Waals surface area contributed by atoms with Gasteiger partial charge < -0.3 is 25.2 Å². The van der Waals surface area contributed by atoms with Gasteiger partial charge in [0, 0.05) is 20.1 Å². The van der Waals surface area contributed by atoms with E-state index in [0.29, 0.717) is 17.1 Å². The molecule has 1 heterocycles. The van der Waals surface area contributed by atoms with Crippen LogP contribution in [0.25, 0.3) is 11.1 Å². The Balaban J connectivity index is 0.00000190. The predicted octanol–water partition coefficient (Wildman–Crippen LogP) is 4.66. The Morgan fingerprint density at radius 2 is 1.77 bits per heavy atom. The number of aryl methyl sites for hydroxylation is 1. The highest BCUT2D eigenvalue weighted by molar-refractivity contribution is 6.02. The van der Waals surface area contributed by atoms with Crippen LogP contribution in [0.5, 0.6) is 11.5 Å². The number of carbonyl (C=O) groups excluding carboxylic acids is 2. The average Bonchev–Trinajstić information content (AvgIpc) is 3.56. The van der Waals surface area contributed by atoms with E-state index in [0.717, 1.165) is 40.8 Å². The minimum atomic E-state index is -0.549. The lowest BCUT2D eigenvalue weighted by Crippen LogP contribution is -2.34. The Bertz CT molecular complexity index is 1290. The van der Waals surface area contributed by atoms with Crippen LogP contribution in [0.4, 0.5) is 5.69 Å². The molecule has 1 aliphatic carbocycles. The van der Waals surface area contributed by atoms with E-state index >= 15 is 0 Å². The van der Waals surface area contributed by atoms with Crippen LogP contribution in [0.1, 0.15) is 44.1 Å². The number of carbonyl (C=O) groups is 2. The first-order valence-electron chi connectivity index (χ1n) is 11.7. The van der Waals surface area contributed by atoms with E-state index in [9.17, 15) is 9.59 Å². The molecule has 0 saturated heterocycles. The molecule has 0 unspecified atom stereocenters. The third-order valence-corrected chi connectivity index (χ3v) is 6.71. The molecule has 7 heteroatoms. The summed E-state index contributed by atoms with van der Waals surface area (Å²) in [5.74, 6) is 1.13. The van der Waals surface area contributed by atoms with Crippen molar-refractivity contribution in [2.75, 3.05) is 18.7 Å². The third kappa shape index (κ3) is 4.47. The van der Waals surface area contributed by atoms with Crippen LogP contribution in [0.3, 0.4) is 0 Å². The van der Waals surface area contributed by atoms with Crippen molar-refractivity contribution in [2.24, 2.45) is 0 Å². The number of hydrogen-bond acceptors (Lipinski definition) is 5. The van der Waals surface area contributed by atoms with Crippen molar-refractivity contribution >= 4 is 17.5 Å². The maximum Gasteiger partial charge on any atom is 0.251 e. The van der Waals surface area contributed by atoms with Gasteiger partial charge in [-0.3, -0.25) is 9.59 Å². The molecule has 1 aliphatic heterocycles. The molecule has 5 rings (SSSR count). The van der Waals surface area contributed by atoms with E-state index < -0.39 is 5.41 Å². The molecule has 0 spiro atoms. The first-order valence-corrected chi connectivity index (χ1v) is 11.7. The Morgan fingerprint density at radius 1 is 1.03 bits per heavy atom. The van der Waals surface area contributed by atoms with E-state index in [2.05, 4.69) is 10.6 Å².